The number of benzene rings is 3. The molecule has 0 aliphatic heterocycles. The van der Waals surface area contributed by atoms with Crippen LogP contribution in [0.5, 0.6) is 0 Å². The Kier molecular flexibility index (Phi) is 7.91. The van der Waals surface area contributed by atoms with Gasteiger partial charge in [0.05, 0.1) is 0 Å². The van der Waals surface area contributed by atoms with E-state index >= 15 is 0 Å². The summed E-state index contributed by atoms with van der Waals surface area (Å²) in [6.45, 7) is 8.68. The molecule has 0 radical (unpaired) electrons. The molecular formula is C28H31N3O4. The molecule has 0 aliphatic rings. The molecule has 7 heteroatoms. The lowest BCUT2D eigenvalue weighted by Crippen LogP contribution is -2.44. The van der Waals surface area contributed by atoms with Crippen molar-refractivity contribution in [2.24, 2.45) is 0 Å². The van der Waals surface area contributed by atoms with Crippen LogP contribution in [0.3, 0.4) is 0 Å². The second-order valence-electron chi connectivity index (χ2n) is 9.19. The Hall–Kier alpha value is -4.13. The molecule has 0 saturated carbocycles. The Morgan fingerprint density at radius 2 is 1.71 bits per heavy atom. The van der Waals surface area contributed by atoms with Crippen LogP contribution in [0, 0.1) is 0 Å². The van der Waals surface area contributed by atoms with Gasteiger partial charge in [0.25, 0.3) is 5.91 Å². The van der Waals surface area contributed by atoms with Gasteiger partial charge in [0.15, 0.2) is 0 Å². The molecule has 0 bridgehead atoms. The summed E-state index contributed by atoms with van der Waals surface area (Å²) in [5, 5.41) is 7.43. The summed E-state index contributed by atoms with van der Waals surface area (Å²) in [5.74, 6) is -0.826. The highest BCUT2D eigenvalue weighted by molar-refractivity contribution is 6.00. The molecule has 0 saturated heterocycles. The minimum absolute atomic E-state index is 0.313. The van der Waals surface area contributed by atoms with Gasteiger partial charge in [-0.2, -0.15) is 0 Å². The van der Waals surface area contributed by atoms with Crippen molar-refractivity contribution in [3.8, 4) is 0 Å². The van der Waals surface area contributed by atoms with Gasteiger partial charge in [0, 0.05) is 12.7 Å². The Labute approximate surface area is 205 Å². The average Bonchev–Trinajstić information content (AvgIpc) is 2.81. The van der Waals surface area contributed by atoms with E-state index in [1.807, 2.05) is 54.6 Å². The molecule has 3 amide bonds. The molecule has 7 nitrogen and oxygen atoms in total. The van der Waals surface area contributed by atoms with Crippen LogP contribution in [-0.4, -0.2) is 42.0 Å². The fourth-order valence-corrected chi connectivity index (χ4v) is 3.62. The fraction of sp³-hybridized carbons (Fsp3) is 0.250. The van der Waals surface area contributed by atoms with Crippen molar-refractivity contribution in [1.29, 1.82) is 0 Å². The molecule has 182 valence electrons. The number of nitrogens with zero attached hydrogens (tertiary/aromatic N) is 1. The van der Waals surface area contributed by atoms with E-state index in [1.54, 1.807) is 39.0 Å². The van der Waals surface area contributed by atoms with Gasteiger partial charge in [-0.15, -0.1) is 0 Å². The van der Waals surface area contributed by atoms with Gasteiger partial charge >= 0.3 is 6.09 Å². The topological polar surface area (TPSA) is 87.7 Å². The number of likely N-dealkylation sites (N-methyl/N-ethyl adjacent to an activating group) is 1. The van der Waals surface area contributed by atoms with Gasteiger partial charge in [-0.3, -0.25) is 9.59 Å². The standard InChI is InChI=1S/C28H31N3O4/c1-6-19-10-9-13-22(16-19)25(31(5)24(32)18-29-27(34)35-28(2,3)4)26(33)30-23-15-14-20-11-7-8-12-21(20)17-23/h6-17,25H,1,18H2,2-5H3,(H,29,34)(H,30,33). The first-order valence-electron chi connectivity index (χ1n) is 11.3. The molecule has 35 heavy (non-hydrogen) atoms. The Balaban J connectivity index is 1.83. The lowest BCUT2D eigenvalue weighted by atomic mass is 10.0. The molecule has 1 unspecified atom stereocenters. The molecule has 0 heterocycles. The summed E-state index contributed by atoms with van der Waals surface area (Å²) in [4.78, 5) is 39.8. The predicted octanol–water partition coefficient (Wildman–Crippen LogP) is 5.15. The third kappa shape index (κ3) is 6.93. The van der Waals surface area contributed by atoms with Gasteiger partial charge in [0.1, 0.15) is 18.2 Å². The molecule has 1 atom stereocenters. The maximum absolute atomic E-state index is 13.5. The van der Waals surface area contributed by atoms with Crippen molar-refractivity contribution in [3.63, 3.8) is 0 Å². The molecule has 0 spiro atoms. The number of fused-ring (bicyclic) bond motifs is 1. The van der Waals surface area contributed by atoms with Crippen molar-refractivity contribution < 1.29 is 19.1 Å². The Morgan fingerprint density at radius 3 is 2.40 bits per heavy atom. The minimum atomic E-state index is -0.936. The molecule has 0 aromatic heterocycles. The van der Waals surface area contributed by atoms with Crippen molar-refractivity contribution in [1.82, 2.24) is 10.2 Å². The molecule has 3 aromatic rings. The molecular weight excluding hydrogens is 442 g/mol. The van der Waals surface area contributed by atoms with Crippen molar-refractivity contribution in [3.05, 3.63) is 84.4 Å². The molecule has 3 rings (SSSR count). The average molecular weight is 474 g/mol. The number of anilines is 1. The van der Waals surface area contributed by atoms with Crippen LogP contribution in [0.4, 0.5) is 10.5 Å². The maximum Gasteiger partial charge on any atom is 0.408 e. The van der Waals surface area contributed by atoms with Crippen molar-refractivity contribution >= 4 is 40.4 Å². The number of ether oxygens (including phenoxy) is 1. The predicted molar refractivity (Wildman–Crippen MR) is 139 cm³/mol. The first-order chi connectivity index (χ1) is 16.6. The van der Waals surface area contributed by atoms with Gasteiger partial charge in [-0.1, -0.05) is 61.2 Å². The molecule has 0 fully saturated rings. The van der Waals surface area contributed by atoms with Crippen molar-refractivity contribution in [2.45, 2.75) is 32.4 Å². The monoisotopic (exact) mass is 473 g/mol. The lowest BCUT2D eigenvalue weighted by molar-refractivity contribution is -0.136. The maximum atomic E-state index is 13.5. The van der Waals surface area contributed by atoms with Crippen molar-refractivity contribution in [2.75, 3.05) is 18.9 Å². The SMILES string of the molecule is C=Cc1cccc(C(C(=O)Nc2ccc3ccccc3c2)N(C)C(=O)CNC(=O)OC(C)(C)C)c1. The minimum Gasteiger partial charge on any atom is -0.444 e. The number of carbonyl (C=O) groups is 3. The summed E-state index contributed by atoms with van der Waals surface area (Å²) in [5.41, 5.74) is 1.37. The van der Waals surface area contributed by atoms with Crippen LogP contribution in [0.1, 0.15) is 37.9 Å². The third-order valence-corrected chi connectivity index (χ3v) is 5.29. The third-order valence-electron chi connectivity index (χ3n) is 5.29. The fourth-order valence-electron chi connectivity index (χ4n) is 3.62. The number of hydrogen-bond acceptors (Lipinski definition) is 4. The van der Waals surface area contributed by atoms with E-state index in [0.717, 1.165) is 16.3 Å². The zero-order valence-corrected chi connectivity index (χ0v) is 20.5. The first-order valence-corrected chi connectivity index (χ1v) is 11.3. The number of hydrogen-bond donors (Lipinski definition) is 2. The molecule has 3 aromatic carbocycles. The highest BCUT2D eigenvalue weighted by Crippen LogP contribution is 2.25. The second kappa shape index (κ2) is 10.9. The van der Waals surface area contributed by atoms with Crippen LogP contribution in [0.2, 0.25) is 0 Å². The van der Waals surface area contributed by atoms with E-state index in [1.165, 1.54) is 11.9 Å². The number of alkyl carbamates (subject to hydrolysis) is 1. The molecule has 0 aliphatic carbocycles. The van der Waals surface area contributed by atoms with Gasteiger partial charge in [-0.25, -0.2) is 4.79 Å². The summed E-state index contributed by atoms with van der Waals surface area (Å²) >= 11 is 0. The van der Waals surface area contributed by atoms with E-state index in [2.05, 4.69) is 17.2 Å². The second-order valence-corrected chi connectivity index (χ2v) is 9.19. The molecule has 2 N–H and O–H groups in total. The number of rotatable bonds is 7. The lowest BCUT2D eigenvalue weighted by Gasteiger charge is -2.28. The van der Waals surface area contributed by atoms with E-state index in [9.17, 15) is 14.4 Å². The summed E-state index contributed by atoms with van der Waals surface area (Å²) in [6.07, 6.45) is 0.971. The van der Waals surface area contributed by atoms with Crippen LogP contribution < -0.4 is 10.6 Å². The van der Waals surface area contributed by atoms with Gasteiger partial charge in [0.2, 0.25) is 5.91 Å². The van der Waals surface area contributed by atoms with E-state index < -0.39 is 23.6 Å². The van der Waals surface area contributed by atoms with Crippen LogP contribution in [-0.2, 0) is 14.3 Å². The summed E-state index contributed by atoms with van der Waals surface area (Å²) < 4.78 is 5.19. The van der Waals surface area contributed by atoms with E-state index in [0.29, 0.717) is 11.3 Å². The Morgan fingerprint density at radius 1 is 1.00 bits per heavy atom. The smallest absolute Gasteiger partial charge is 0.408 e. The first kappa shape index (κ1) is 25.5. The Bertz CT molecular complexity index is 1250. The van der Waals surface area contributed by atoms with Gasteiger partial charge < -0.3 is 20.3 Å². The number of carbonyl (C=O) groups excluding carboxylic acids is 3. The zero-order valence-electron chi connectivity index (χ0n) is 20.5. The highest BCUT2D eigenvalue weighted by Gasteiger charge is 2.29. The largest absolute Gasteiger partial charge is 0.444 e. The van der Waals surface area contributed by atoms with E-state index in [-0.39, 0.29) is 12.5 Å². The summed E-state index contributed by atoms with van der Waals surface area (Å²) in [6, 6.07) is 19.8. The number of nitrogens with one attached hydrogen (secondary N) is 2. The quantitative estimate of drug-likeness (QED) is 0.497. The highest BCUT2D eigenvalue weighted by atomic mass is 16.6. The normalized spacial score (nSPS) is 11.9. The van der Waals surface area contributed by atoms with Crippen LogP contribution >= 0.6 is 0 Å². The summed E-state index contributed by atoms with van der Waals surface area (Å²) in [7, 11) is 1.53. The van der Waals surface area contributed by atoms with Crippen LogP contribution in [0.15, 0.2) is 73.3 Å². The zero-order chi connectivity index (χ0) is 25.6. The van der Waals surface area contributed by atoms with Crippen LogP contribution in [0.25, 0.3) is 16.8 Å². The van der Waals surface area contributed by atoms with E-state index in [4.69, 9.17) is 4.74 Å². The number of amides is 3. The van der Waals surface area contributed by atoms with Gasteiger partial charge in [-0.05, 0) is 60.9 Å².